The zero-order valence-electron chi connectivity index (χ0n) is 6.42. The van der Waals surface area contributed by atoms with E-state index in [0.29, 0.717) is 5.01 Å². The van der Waals surface area contributed by atoms with Crippen LogP contribution < -0.4 is 0 Å². The predicted octanol–water partition coefficient (Wildman–Crippen LogP) is -0.0802. The molecule has 1 heterocycles. The zero-order valence-corrected chi connectivity index (χ0v) is 7.24. The number of nitrogens with zero attached hydrogens (tertiary/aromatic N) is 1. The first kappa shape index (κ1) is 9.60. The maximum Gasteiger partial charge on any atom is 0.131 e. The third-order valence-electron chi connectivity index (χ3n) is 1.49. The molecule has 0 radical (unpaired) electrons. The van der Waals surface area contributed by atoms with Crippen molar-refractivity contribution in [3.8, 4) is 0 Å². The highest BCUT2D eigenvalue weighted by molar-refractivity contribution is 7.09. The third-order valence-corrected chi connectivity index (χ3v) is 2.34. The van der Waals surface area contributed by atoms with Gasteiger partial charge >= 0.3 is 0 Å². The monoisotopic (exact) mass is 189 g/mol. The number of rotatable bonds is 4. The van der Waals surface area contributed by atoms with E-state index >= 15 is 0 Å². The molecule has 5 heteroatoms. The molecule has 0 bridgehead atoms. The van der Waals surface area contributed by atoms with Crippen molar-refractivity contribution in [3.05, 3.63) is 16.6 Å². The topological polar surface area (TPSA) is 73.6 Å². The Morgan fingerprint density at radius 3 is 2.75 bits per heavy atom. The number of thiazole rings is 1. The first-order valence-corrected chi connectivity index (χ1v) is 4.50. The molecule has 2 atom stereocenters. The minimum atomic E-state index is -0.975. The van der Waals surface area contributed by atoms with Crippen LogP contribution in [0.5, 0.6) is 0 Å². The highest BCUT2D eigenvalue weighted by atomic mass is 32.1. The average molecular weight is 189 g/mol. The van der Waals surface area contributed by atoms with E-state index in [0.717, 1.165) is 0 Å². The van der Waals surface area contributed by atoms with E-state index in [1.807, 2.05) is 0 Å². The minimum Gasteiger partial charge on any atom is -0.396 e. The SMILES string of the molecule is OCCC(O)C(O)c1nccs1. The Kier molecular flexibility index (Phi) is 3.61. The fourth-order valence-corrected chi connectivity index (χ4v) is 1.51. The molecular formula is C7H11NO3S. The van der Waals surface area contributed by atoms with Crippen LogP contribution in [0.25, 0.3) is 0 Å². The van der Waals surface area contributed by atoms with Crippen molar-refractivity contribution in [2.75, 3.05) is 6.61 Å². The van der Waals surface area contributed by atoms with Crippen LogP contribution >= 0.6 is 11.3 Å². The summed E-state index contributed by atoms with van der Waals surface area (Å²) in [5.74, 6) is 0. The van der Waals surface area contributed by atoms with E-state index in [2.05, 4.69) is 4.98 Å². The van der Waals surface area contributed by atoms with Crippen molar-refractivity contribution >= 4 is 11.3 Å². The molecule has 0 aliphatic rings. The lowest BCUT2D eigenvalue weighted by atomic mass is 10.1. The van der Waals surface area contributed by atoms with Gasteiger partial charge in [0, 0.05) is 18.2 Å². The summed E-state index contributed by atoms with van der Waals surface area (Å²) in [7, 11) is 0. The summed E-state index contributed by atoms with van der Waals surface area (Å²) >= 11 is 1.28. The molecule has 68 valence electrons. The molecule has 1 rings (SSSR count). The van der Waals surface area contributed by atoms with E-state index in [1.54, 1.807) is 11.6 Å². The van der Waals surface area contributed by atoms with Crippen molar-refractivity contribution in [1.29, 1.82) is 0 Å². The van der Waals surface area contributed by atoms with Gasteiger partial charge in [-0.15, -0.1) is 11.3 Å². The van der Waals surface area contributed by atoms with Crippen molar-refractivity contribution in [1.82, 2.24) is 4.98 Å². The van der Waals surface area contributed by atoms with Crippen molar-refractivity contribution in [2.24, 2.45) is 0 Å². The highest BCUT2D eigenvalue weighted by Crippen LogP contribution is 2.20. The van der Waals surface area contributed by atoms with Crippen LogP contribution in [-0.2, 0) is 0 Å². The lowest BCUT2D eigenvalue weighted by molar-refractivity contribution is 0.00411. The second-order valence-corrected chi connectivity index (χ2v) is 3.32. The molecule has 0 saturated carbocycles. The van der Waals surface area contributed by atoms with Crippen LogP contribution in [0.4, 0.5) is 0 Å². The molecule has 0 spiro atoms. The number of hydrogen-bond donors (Lipinski definition) is 3. The molecule has 2 unspecified atom stereocenters. The summed E-state index contributed by atoms with van der Waals surface area (Å²) < 4.78 is 0. The van der Waals surface area contributed by atoms with Gasteiger partial charge in [0.25, 0.3) is 0 Å². The Hall–Kier alpha value is -0.490. The molecule has 3 N–H and O–H groups in total. The normalized spacial score (nSPS) is 15.9. The molecule has 1 aromatic heterocycles. The molecule has 4 nitrogen and oxygen atoms in total. The van der Waals surface area contributed by atoms with Gasteiger partial charge in [0.15, 0.2) is 0 Å². The van der Waals surface area contributed by atoms with Crippen LogP contribution in [0, 0.1) is 0 Å². The molecule has 12 heavy (non-hydrogen) atoms. The predicted molar refractivity (Wildman–Crippen MR) is 44.8 cm³/mol. The van der Waals surface area contributed by atoms with Crippen molar-refractivity contribution in [2.45, 2.75) is 18.6 Å². The van der Waals surface area contributed by atoms with Gasteiger partial charge in [-0.2, -0.15) is 0 Å². The Morgan fingerprint density at radius 2 is 2.25 bits per heavy atom. The number of hydrogen-bond acceptors (Lipinski definition) is 5. The van der Waals surface area contributed by atoms with E-state index in [-0.39, 0.29) is 13.0 Å². The zero-order chi connectivity index (χ0) is 8.97. The van der Waals surface area contributed by atoms with Gasteiger partial charge in [-0.3, -0.25) is 0 Å². The van der Waals surface area contributed by atoms with E-state index in [9.17, 15) is 10.2 Å². The summed E-state index contributed by atoms with van der Waals surface area (Å²) in [6.07, 6.45) is -0.173. The molecule has 0 saturated heterocycles. The Bertz CT molecular complexity index is 214. The number of aromatic nitrogens is 1. The van der Waals surface area contributed by atoms with Crippen LogP contribution in [0.3, 0.4) is 0 Å². The van der Waals surface area contributed by atoms with Gasteiger partial charge < -0.3 is 15.3 Å². The summed E-state index contributed by atoms with van der Waals surface area (Å²) in [6, 6.07) is 0. The number of aliphatic hydroxyl groups excluding tert-OH is 3. The maximum absolute atomic E-state index is 9.40. The molecule has 0 aromatic carbocycles. The van der Waals surface area contributed by atoms with Crippen LogP contribution in [-0.4, -0.2) is 33.0 Å². The van der Waals surface area contributed by atoms with Gasteiger partial charge in [0.2, 0.25) is 0 Å². The van der Waals surface area contributed by atoms with Crippen LogP contribution in [0.1, 0.15) is 17.5 Å². The van der Waals surface area contributed by atoms with Crippen molar-refractivity contribution < 1.29 is 15.3 Å². The molecular weight excluding hydrogens is 178 g/mol. The highest BCUT2D eigenvalue weighted by Gasteiger charge is 2.19. The second kappa shape index (κ2) is 4.51. The molecule has 1 aromatic rings. The van der Waals surface area contributed by atoms with E-state index < -0.39 is 12.2 Å². The van der Waals surface area contributed by atoms with E-state index in [4.69, 9.17) is 5.11 Å². The molecule has 0 aliphatic carbocycles. The third kappa shape index (κ3) is 2.25. The maximum atomic E-state index is 9.40. The Balaban J connectivity index is 2.53. The van der Waals surface area contributed by atoms with Gasteiger partial charge in [0.05, 0.1) is 6.10 Å². The molecule has 0 fully saturated rings. The average Bonchev–Trinajstić information content (AvgIpc) is 2.55. The molecule has 0 aliphatic heterocycles. The van der Waals surface area contributed by atoms with Crippen LogP contribution in [0.15, 0.2) is 11.6 Å². The summed E-state index contributed by atoms with van der Waals surface area (Å²) in [4.78, 5) is 3.85. The fourth-order valence-electron chi connectivity index (χ4n) is 0.835. The van der Waals surface area contributed by atoms with Crippen molar-refractivity contribution in [3.63, 3.8) is 0 Å². The Morgan fingerprint density at radius 1 is 1.50 bits per heavy atom. The fraction of sp³-hybridized carbons (Fsp3) is 0.571. The first-order chi connectivity index (χ1) is 5.75. The summed E-state index contributed by atoms with van der Waals surface area (Å²) in [6.45, 7) is -0.135. The summed E-state index contributed by atoms with van der Waals surface area (Å²) in [5.41, 5.74) is 0. The quantitative estimate of drug-likeness (QED) is 0.619. The lowest BCUT2D eigenvalue weighted by Crippen LogP contribution is -2.19. The largest absolute Gasteiger partial charge is 0.396 e. The van der Waals surface area contributed by atoms with Gasteiger partial charge in [-0.1, -0.05) is 0 Å². The number of aliphatic hydroxyl groups is 3. The Labute approximate surface area is 74.1 Å². The summed E-state index contributed by atoms with van der Waals surface area (Å²) in [5, 5.41) is 29.3. The smallest absolute Gasteiger partial charge is 0.131 e. The lowest BCUT2D eigenvalue weighted by Gasteiger charge is -2.13. The molecule has 0 amide bonds. The standard InChI is InChI=1S/C7H11NO3S/c9-3-1-5(10)6(11)7-8-2-4-12-7/h2,4-6,9-11H,1,3H2. The van der Waals surface area contributed by atoms with Gasteiger partial charge in [0.1, 0.15) is 11.1 Å². The van der Waals surface area contributed by atoms with Gasteiger partial charge in [-0.25, -0.2) is 4.98 Å². The van der Waals surface area contributed by atoms with Crippen LogP contribution in [0.2, 0.25) is 0 Å². The van der Waals surface area contributed by atoms with E-state index in [1.165, 1.54) is 11.3 Å². The first-order valence-electron chi connectivity index (χ1n) is 3.62. The van der Waals surface area contributed by atoms with Gasteiger partial charge in [-0.05, 0) is 6.42 Å². The minimum absolute atomic E-state index is 0.135. The second-order valence-electron chi connectivity index (χ2n) is 2.39.